The third kappa shape index (κ3) is 4.25. The van der Waals surface area contributed by atoms with Gasteiger partial charge in [-0.3, -0.25) is 9.59 Å². The molecule has 1 N–H and O–H groups in total. The number of hydrogen-bond donors (Lipinski definition) is 1. The number of aryl methyl sites for hydroxylation is 1. The van der Waals surface area contributed by atoms with Gasteiger partial charge >= 0.3 is 6.01 Å². The first kappa shape index (κ1) is 19.3. The Labute approximate surface area is 162 Å². The number of ether oxygens (including phenoxy) is 2. The maximum Gasteiger partial charge on any atom is 0.321 e. The summed E-state index contributed by atoms with van der Waals surface area (Å²) >= 11 is 0. The number of nitrogens with zero attached hydrogens (tertiary/aromatic N) is 2. The quantitative estimate of drug-likeness (QED) is 0.596. The van der Waals surface area contributed by atoms with Gasteiger partial charge in [-0.05, 0) is 44.0 Å². The summed E-state index contributed by atoms with van der Waals surface area (Å²) < 4.78 is 11.2. The van der Waals surface area contributed by atoms with Gasteiger partial charge in [0.15, 0.2) is 12.4 Å². The largest absolute Gasteiger partial charge is 0.485 e. The number of aromatic nitrogens is 3. The molecule has 3 rings (SSSR count). The van der Waals surface area contributed by atoms with E-state index in [0.717, 1.165) is 5.56 Å². The van der Waals surface area contributed by atoms with Crippen molar-refractivity contribution in [2.24, 2.45) is 0 Å². The van der Waals surface area contributed by atoms with E-state index in [9.17, 15) is 9.59 Å². The van der Waals surface area contributed by atoms with Gasteiger partial charge < -0.3 is 14.5 Å². The van der Waals surface area contributed by atoms with Crippen LogP contribution in [0.5, 0.6) is 17.5 Å². The predicted molar refractivity (Wildman–Crippen MR) is 103 cm³/mol. The van der Waals surface area contributed by atoms with Gasteiger partial charge in [-0.1, -0.05) is 13.0 Å². The number of hydrogen-bond acceptors (Lipinski definition) is 6. The molecular formula is C21H21N3O4. The van der Waals surface area contributed by atoms with Crippen LogP contribution in [-0.2, 0) is 6.42 Å². The normalized spacial score (nSPS) is 10.5. The first-order valence-corrected chi connectivity index (χ1v) is 8.93. The number of aromatic amines is 1. The molecule has 7 heteroatoms. The number of rotatable bonds is 8. The Morgan fingerprint density at radius 2 is 1.82 bits per heavy atom. The highest BCUT2D eigenvalue weighted by Gasteiger charge is 2.21. The van der Waals surface area contributed by atoms with E-state index in [4.69, 9.17) is 9.47 Å². The summed E-state index contributed by atoms with van der Waals surface area (Å²) in [5, 5.41) is 0. The van der Waals surface area contributed by atoms with E-state index in [1.807, 2.05) is 6.92 Å². The number of nitrogens with one attached hydrogen (secondary N) is 1. The first-order chi connectivity index (χ1) is 13.5. The Morgan fingerprint density at radius 1 is 1.11 bits per heavy atom. The molecule has 0 unspecified atom stereocenters. The van der Waals surface area contributed by atoms with E-state index in [0.29, 0.717) is 34.9 Å². The zero-order valence-electron chi connectivity index (χ0n) is 16.0. The molecule has 0 bridgehead atoms. The summed E-state index contributed by atoms with van der Waals surface area (Å²) in [7, 11) is 0. The molecule has 1 aromatic carbocycles. The van der Waals surface area contributed by atoms with Crippen LogP contribution in [-0.4, -0.2) is 33.1 Å². The highest BCUT2D eigenvalue weighted by Crippen LogP contribution is 2.24. The monoisotopic (exact) mass is 379 g/mol. The van der Waals surface area contributed by atoms with Gasteiger partial charge in [-0.25, -0.2) is 9.97 Å². The first-order valence-electron chi connectivity index (χ1n) is 8.93. The van der Waals surface area contributed by atoms with E-state index < -0.39 is 0 Å². The molecule has 0 spiro atoms. The van der Waals surface area contributed by atoms with Crippen LogP contribution in [0.4, 0.5) is 0 Å². The average Bonchev–Trinajstić information content (AvgIpc) is 3.04. The third-order valence-corrected chi connectivity index (χ3v) is 4.20. The average molecular weight is 379 g/mol. The molecule has 0 atom stereocenters. The van der Waals surface area contributed by atoms with Crippen molar-refractivity contribution in [1.29, 1.82) is 0 Å². The van der Waals surface area contributed by atoms with E-state index in [1.165, 1.54) is 6.92 Å². The van der Waals surface area contributed by atoms with Crippen molar-refractivity contribution in [3.05, 3.63) is 65.2 Å². The highest BCUT2D eigenvalue weighted by molar-refractivity contribution is 6.03. The van der Waals surface area contributed by atoms with Crippen LogP contribution in [0.1, 0.15) is 46.0 Å². The summed E-state index contributed by atoms with van der Waals surface area (Å²) in [6.07, 6.45) is 3.75. The molecule has 0 fully saturated rings. The minimum atomic E-state index is -0.217. The van der Waals surface area contributed by atoms with Crippen LogP contribution >= 0.6 is 0 Å². The number of benzene rings is 1. The maximum absolute atomic E-state index is 12.6. The molecule has 0 aliphatic heterocycles. The molecule has 0 saturated carbocycles. The lowest BCUT2D eigenvalue weighted by atomic mass is 10.0. The Kier molecular flexibility index (Phi) is 5.84. The van der Waals surface area contributed by atoms with E-state index in [1.54, 1.807) is 49.6 Å². The molecule has 0 saturated heterocycles. The minimum absolute atomic E-state index is 0.0569. The summed E-state index contributed by atoms with van der Waals surface area (Å²) in [5.41, 5.74) is 2.45. The second-order valence-electron chi connectivity index (χ2n) is 6.21. The van der Waals surface area contributed by atoms with Gasteiger partial charge in [0.1, 0.15) is 11.5 Å². The lowest BCUT2D eigenvalue weighted by molar-refractivity contribution is 0.0915. The Balaban J connectivity index is 1.71. The molecule has 2 heterocycles. The second kappa shape index (κ2) is 8.47. The zero-order valence-corrected chi connectivity index (χ0v) is 16.0. The SMILES string of the molecule is CCc1c(C(=O)COc2cccc(Oc3ncccn3)c2)[nH]c(C)c1C(C)=O. The topological polar surface area (TPSA) is 94.2 Å². The van der Waals surface area contributed by atoms with Crippen LogP contribution in [0.25, 0.3) is 0 Å². The van der Waals surface area contributed by atoms with Crippen LogP contribution in [0.2, 0.25) is 0 Å². The molecule has 0 amide bonds. The van der Waals surface area contributed by atoms with Gasteiger partial charge in [0, 0.05) is 29.7 Å². The number of H-pyrrole nitrogens is 1. The number of carbonyl (C=O) groups is 2. The van der Waals surface area contributed by atoms with Gasteiger partial charge in [-0.15, -0.1) is 0 Å². The van der Waals surface area contributed by atoms with Gasteiger partial charge in [-0.2, -0.15) is 0 Å². The van der Waals surface area contributed by atoms with Crippen molar-refractivity contribution < 1.29 is 19.1 Å². The number of carbonyl (C=O) groups excluding carboxylic acids is 2. The summed E-state index contributed by atoms with van der Waals surface area (Å²) in [6, 6.07) is 8.80. The van der Waals surface area contributed by atoms with Gasteiger partial charge in [0.2, 0.25) is 5.78 Å². The van der Waals surface area contributed by atoms with Crippen molar-refractivity contribution in [3.8, 4) is 17.5 Å². The van der Waals surface area contributed by atoms with E-state index in [-0.39, 0.29) is 24.2 Å². The standard InChI is InChI=1S/C21H21N3O4/c1-4-17-19(14(3)25)13(2)24-20(17)18(26)12-27-15-7-5-8-16(11-15)28-21-22-9-6-10-23-21/h5-11,24H,4,12H2,1-3H3. The van der Waals surface area contributed by atoms with Gasteiger partial charge in [0.05, 0.1) is 5.69 Å². The Bertz CT molecular complexity index is 996. The molecule has 144 valence electrons. The summed E-state index contributed by atoms with van der Waals surface area (Å²) in [5.74, 6) is 0.707. The second-order valence-corrected chi connectivity index (χ2v) is 6.21. The number of Topliss-reactive ketones (excluding diaryl/α,β-unsaturated/α-hetero) is 2. The summed E-state index contributed by atoms with van der Waals surface area (Å²) in [6.45, 7) is 5.05. The number of ketones is 2. The van der Waals surface area contributed by atoms with E-state index in [2.05, 4.69) is 15.0 Å². The molecule has 0 radical (unpaired) electrons. The van der Waals surface area contributed by atoms with Crippen LogP contribution in [0.15, 0.2) is 42.7 Å². The molecule has 2 aromatic heterocycles. The minimum Gasteiger partial charge on any atom is -0.485 e. The molecule has 3 aromatic rings. The summed E-state index contributed by atoms with van der Waals surface area (Å²) in [4.78, 5) is 35.5. The van der Waals surface area contributed by atoms with Crippen molar-refractivity contribution in [2.45, 2.75) is 27.2 Å². The molecule has 28 heavy (non-hydrogen) atoms. The Morgan fingerprint density at radius 3 is 2.50 bits per heavy atom. The van der Waals surface area contributed by atoms with Crippen molar-refractivity contribution in [3.63, 3.8) is 0 Å². The van der Waals surface area contributed by atoms with E-state index >= 15 is 0 Å². The van der Waals surface area contributed by atoms with Gasteiger partial charge in [0.25, 0.3) is 0 Å². The fourth-order valence-electron chi connectivity index (χ4n) is 3.04. The Hall–Kier alpha value is -3.48. The molecule has 7 nitrogen and oxygen atoms in total. The maximum atomic E-state index is 12.6. The van der Waals surface area contributed by atoms with Crippen LogP contribution < -0.4 is 9.47 Å². The molecular weight excluding hydrogens is 358 g/mol. The third-order valence-electron chi connectivity index (χ3n) is 4.20. The lowest BCUT2D eigenvalue weighted by Gasteiger charge is -2.08. The fraction of sp³-hybridized carbons (Fsp3) is 0.238. The van der Waals surface area contributed by atoms with Crippen LogP contribution in [0.3, 0.4) is 0 Å². The lowest BCUT2D eigenvalue weighted by Crippen LogP contribution is -2.14. The molecule has 0 aliphatic rings. The molecule has 0 aliphatic carbocycles. The van der Waals surface area contributed by atoms with Crippen molar-refractivity contribution in [1.82, 2.24) is 15.0 Å². The van der Waals surface area contributed by atoms with Crippen molar-refractivity contribution >= 4 is 11.6 Å². The highest BCUT2D eigenvalue weighted by atomic mass is 16.5. The zero-order chi connectivity index (χ0) is 20.1. The predicted octanol–water partition coefficient (Wildman–Crippen LogP) is 3.93. The smallest absolute Gasteiger partial charge is 0.321 e. The van der Waals surface area contributed by atoms with Crippen LogP contribution in [0, 0.1) is 6.92 Å². The fourth-order valence-corrected chi connectivity index (χ4v) is 3.04. The van der Waals surface area contributed by atoms with Crippen molar-refractivity contribution in [2.75, 3.05) is 6.61 Å².